The molecular formula is C12H11ClF2N2O2S. The Morgan fingerprint density at radius 1 is 1.35 bits per heavy atom. The Morgan fingerprint density at radius 3 is 2.75 bits per heavy atom. The summed E-state index contributed by atoms with van der Waals surface area (Å²) in [5.74, 6) is -1.12. The summed E-state index contributed by atoms with van der Waals surface area (Å²) in [4.78, 5) is -0.155. The average Bonchev–Trinajstić information content (AvgIpc) is 2.79. The summed E-state index contributed by atoms with van der Waals surface area (Å²) in [6, 6.07) is 3.31. The Labute approximate surface area is 119 Å². The van der Waals surface area contributed by atoms with Gasteiger partial charge in [0.05, 0.1) is 28.4 Å². The van der Waals surface area contributed by atoms with Gasteiger partial charge in [-0.05, 0) is 18.2 Å². The van der Waals surface area contributed by atoms with Gasteiger partial charge in [0.25, 0.3) is 0 Å². The van der Waals surface area contributed by atoms with Crippen LogP contribution < -0.4 is 0 Å². The van der Waals surface area contributed by atoms with Gasteiger partial charge >= 0.3 is 0 Å². The molecule has 0 radical (unpaired) electrons. The Balaban J connectivity index is 2.23. The molecule has 1 aromatic carbocycles. The molecule has 0 atom stereocenters. The van der Waals surface area contributed by atoms with E-state index in [1.165, 1.54) is 29.2 Å². The van der Waals surface area contributed by atoms with Crippen molar-refractivity contribution in [3.05, 3.63) is 47.0 Å². The van der Waals surface area contributed by atoms with Crippen LogP contribution in [0.25, 0.3) is 0 Å². The van der Waals surface area contributed by atoms with Crippen molar-refractivity contribution >= 4 is 21.4 Å². The molecule has 0 amide bonds. The highest BCUT2D eigenvalue weighted by Gasteiger charge is 2.18. The second-order valence-electron chi connectivity index (χ2n) is 4.14. The predicted molar refractivity (Wildman–Crippen MR) is 70.5 cm³/mol. The fourth-order valence-electron chi connectivity index (χ4n) is 1.66. The quantitative estimate of drug-likeness (QED) is 0.851. The summed E-state index contributed by atoms with van der Waals surface area (Å²) in [5, 5.41) is 3.69. The third-order valence-electron chi connectivity index (χ3n) is 2.61. The molecule has 0 saturated heterocycles. The van der Waals surface area contributed by atoms with E-state index in [4.69, 9.17) is 11.6 Å². The van der Waals surface area contributed by atoms with Crippen LogP contribution in [0.1, 0.15) is 5.56 Å². The first-order chi connectivity index (χ1) is 9.42. The summed E-state index contributed by atoms with van der Waals surface area (Å²) in [5.41, 5.74) is 0.411. The van der Waals surface area contributed by atoms with Crippen LogP contribution in [0.2, 0.25) is 5.02 Å². The highest BCUT2D eigenvalue weighted by Crippen LogP contribution is 2.21. The van der Waals surface area contributed by atoms with Crippen molar-refractivity contribution in [2.45, 2.75) is 17.2 Å². The Kier molecular flexibility index (Phi) is 4.39. The molecular weight excluding hydrogens is 310 g/mol. The van der Waals surface area contributed by atoms with Gasteiger partial charge in [0.15, 0.2) is 9.84 Å². The Bertz CT molecular complexity index is 716. The molecule has 4 nitrogen and oxygen atoms in total. The van der Waals surface area contributed by atoms with Gasteiger partial charge in [-0.2, -0.15) is 5.10 Å². The van der Waals surface area contributed by atoms with Crippen molar-refractivity contribution in [3.8, 4) is 0 Å². The van der Waals surface area contributed by atoms with E-state index in [-0.39, 0.29) is 22.2 Å². The molecule has 8 heteroatoms. The third-order valence-corrected chi connectivity index (χ3v) is 4.60. The summed E-state index contributed by atoms with van der Waals surface area (Å²) < 4.78 is 51.0. The second kappa shape index (κ2) is 5.88. The molecule has 1 aromatic heterocycles. The minimum absolute atomic E-state index is 0.0651. The molecule has 20 heavy (non-hydrogen) atoms. The molecule has 0 spiro atoms. The highest BCUT2D eigenvalue weighted by atomic mass is 35.5. The number of sulfone groups is 1. The molecule has 0 aliphatic carbocycles. The van der Waals surface area contributed by atoms with E-state index in [2.05, 4.69) is 5.10 Å². The van der Waals surface area contributed by atoms with E-state index < -0.39 is 22.3 Å². The van der Waals surface area contributed by atoms with Crippen LogP contribution >= 0.6 is 11.6 Å². The molecule has 0 N–H and O–H groups in total. The molecule has 0 bridgehead atoms. The van der Waals surface area contributed by atoms with Crippen LogP contribution in [0.15, 0.2) is 35.5 Å². The van der Waals surface area contributed by atoms with Gasteiger partial charge in [-0.25, -0.2) is 17.2 Å². The van der Waals surface area contributed by atoms with E-state index in [0.29, 0.717) is 5.56 Å². The second-order valence-corrected chi connectivity index (χ2v) is 6.53. The van der Waals surface area contributed by atoms with Crippen LogP contribution in [0, 0.1) is 5.82 Å². The molecule has 0 fully saturated rings. The maximum Gasteiger partial charge on any atom is 0.182 e. The Morgan fingerprint density at radius 2 is 2.10 bits per heavy atom. The summed E-state index contributed by atoms with van der Waals surface area (Å²) in [7, 11) is -3.70. The number of benzene rings is 1. The zero-order valence-electron chi connectivity index (χ0n) is 10.3. The lowest BCUT2D eigenvalue weighted by atomic mass is 10.3. The van der Waals surface area contributed by atoms with Gasteiger partial charge in [-0.15, -0.1) is 0 Å². The highest BCUT2D eigenvalue weighted by molar-refractivity contribution is 7.90. The first-order valence-electron chi connectivity index (χ1n) is 5.67. The van der Waals surface area contributed by atoms with Gasteiger partial charge in [0.2, 0.25) is 0 Å². The van der Waals surface area contributed by atoms with Crippen molar-refractivity contribution in [3.63, 3.8) is 0 Å². The molecule has 0 aliphatic heterocycles. The number of rotatable bonds is 5. The van der Waals surface area contributed by atoms with Crippen LogP contribution in [-0.2, 0) is 22.1 Å². The van der Waals surface area contributed by atoms with Crippen LogP contribution in [-0.4, -0.2) is 24.9 Å². The van der Waals surface area contributed by atoms with Crippen molar-refractivity contribution in [1.82, 2.24) is 9.78 Å². The minimum atomic E-state index is -3.70. The zero-order valence-corrected chi connectivity index (χ0v) is 11.8. The van der Waals surface area contributed by atoms with E-state index in [1.54, 1.807) is 0 Å². The van der Waals surface area contributed by atoms with Gasteiger partial charge in [0.1, 0.15) is 12.5 Å². The molecule has 0 unspecified atom stereocenters. The van der Waals surface area contributed by atoms with Gasteiger partial charge in [0, 0.05) is 11.8 Å². The number of hydrogen-bond acceptors (Lipinski definition) is 3. The number of hydrogen-bond donors (Lipinski definition) is 0. The monoisotopic (exact) mass is 320 g/mol. The van der Waals surface area contributed by atoms with Crippen molar-refractivity contribution < 1.29 is 17.2 Å². The molecule has 2 rings (SSSR count). The first kappa shape index (κ1) is 14.9. The number of aromatic nitrogens is 2. The Hall–Kier alpha value is -1.47. The zero-order chi connectivity index (χ0) is 14.8. The summed E-state index contributed by atoms with van der Waals surface area (Å²) >= 11 is 5.51. The summed E-state index contributed by atoms with van der Waals surface area (Å²) in [6.45, 7) is -0.522. The van der Waals surface area contributed by atoms with E-state index in [0.717, 1.165) is 6.07 Å². The van der Waals surface area contributed by atoms with Crippen molar-refractivity contribution in [2.75, 3.05) is 6.67 Å². The third kappa shape index (κ3) is 3.34. The van der Waals surface area contributed by atoms with E-state index in [1.807, 2.05) is 0 Å². The van der Waals surface area contributed by atoms with Gasteiger partial charge in [-0.1, -0.05) is 11.6 Å². The largest absolute Gasteiger partial charge is 0.270 e. The fraction of sp³-hybridized carbons (Fsp3) is 0.250. The summed E-state index contributed by atoms with van der Waals surface area (Å²) in [6.07, 6.45) is 2.79. The number of nitrogens with zero attached hydrogens (tertiary/aromatic N) is 2. The lowest BCUT2D eigenvalue weighted by Crippen LogP contribution is -2.05. The van der Waals surface area contributed by atoms with Crippen molar-refractivity contribution in [2.24, 2.45) is 0 Å². The van der Waals surface area contributed by atoms with E-state index in [9.17, 15) is 17.2 Å². The molecule has 0 aliphatic rings. The van der Waals surface area contributed by atoms with Gasteiger partial charge in [-0.3, -0.25) is 4.68 Å². The minimum Gasteiger partial charge on any atom is -0.270 e. The lowest BCUT2D eigenvalue weighted by Gasteiger charge is -2.03. The standard InChI is InChI=1S/C12H11ClF2N2O2S/c13-11-2-1-10(5-12(11)15)20(18,19)8-9-6-16-17(7-9)4-3-14/h1-2,5-7H,3-4,8H2. The number of halogens is 3. The fourth-order valence-corrected chi connectivity index (χ4v) is 3.09. The lowest BCUT2D eigenvalue weighted by molar-refractivity contribution is 0.427. The van der Waals surface area contributed by atoms with E-state index >= 15 is 0 Å². The molecule has 0 saturated carbocycles. The molecule has 108 valence electrons. The number of aryl methyl sites for hydroxylation is 1. The number of alkyl halides is 1. The molecule has 2 aromatic rings. The van der Waals surface area contributed by atoms with Crippen LogP contribution in [0.4, 0.5) is 8.78 Å². The topological polar surface area (TPSA) is 52.0 Å². The normalized spacial score (nSPS) is 11.8. The molecule has 1 heterocycles. The van der Waals surface area contributed by atoms with Crippen LogP contribution in [0.5, 0.6) is 0 Å². The maximum absolute atomic E-state index is 13.3. The average molecular weight is 321 g/mol. The smallest absolute Gasteiger partial charge is 0.182 e. The maximum atomic E-state index is 13.3. The first-order valence-corrected chi connectivity index (χ1v) is 7.70. The SMILES string of the molecule is O=S(=O)(Cc1cnn(CCF)c1)c1ccc(Cl)c(F)c1. The van der Waals surface area contributed by atoms with Crippen LogP contribution in [0.3, 0.4) is 0 Å². The van der Waals surface area contributed by atoms with Gasteiger partial charge < -0.3 is 0 Å². The van der Waals surface area contributed by atoms with Crippen molar-refractivity contribution in [1.29, 1.82) is 0 Å². The predicted octanol–water partition coefficient (Wildman–Crippen LogP) is 2.62.